The predicted molar refractivity (Wildman–Crippen MR) is 138 cm³/mol. The molecule has 0 aliphatic heterocycles. The van der Waals surface area contributed by atoms with Gasteiger partial charge in [-0.15, -0.1) is 0 Å². The molecular formula is C27H26ClN3S. The summed E-state index contributed by atoms with van der Waals surface area (Å²) in [5.41, 5.74) is 5.83. The molecule has 162 valence electrons. The zero-order valence-electron chi connectivity index (χ0n) is 18.0. The van der Waals surface area contributed by atoms with E-state index in [0.717, 1.165) is 23.8 Å². The maximum atomic E-state index is 6.05. The molecular weight excluding hydrogens is 434 g/mol. The van der Waals surface area contributed by atoms with E-state index in [0.29, 0.717) is 11.7 Å². The van der Waals surface area contributed by atoms with Crippen molar-refractivity contribution in [3.63, 3.8) is 0 Å². The minimum Gasteiger partial charge on any atom is -0.345 e. The van der Waals surface area contributed by atoms with Crippen LogP contribution in [0.15, 0.2) is 97.2 Å². The number of hydrogen-bond acceptors (Lipinski definition) is 1. The second-order valence-corrected chi connectivity index (χ2v) is 8.66. The van der Waals surface area contributed by atoms with Gasteiger partial charge in [-0.25, -0.2) is 0 Å². The molecule has 0 bridgehead atoms. The first kappa shape index (κ1) is 22.1. The number of hydrogen-bond donors (Lipinski definition) is 1. The van der Waals surface area contributed by atoms with E-state index in [2.05, 4.69) is 88.6 Å². The Hall–Kier alpha value is -3.08. The Morgan fingerprint density at radius 2 is 1.56 bits per heavy atom. The van der Waals surface area contributed by atoms with Crippen LogP contribution in [0.5, 0.6) is 0 Å². The van der Waals surface area contributed by atoms with Crippen LogP contribution in [-0.4, -0.2) is 14.6 Å². The van der Waals surface area contributed by atoms with Crippen LogP contribution in [0.4, 0.5) is 5.69 Å². The molecule has 0 unspecified atom stereocenters. The first-order valence-electron chi connectivity index (χ1n) is 10.6. The number of benzene rings is 3. The van der Waals surface area contributed by atoms with E-state index < -0.39 is 0 Å². The minimum absolute atomic E-state index is 0.702. The molecule has 1 aromatic heterocycles. The molecule has 0 fully saturated rings. The molecule has 1 heterocycles. The normalized spacial score (nSPS) is 10.7. The molecule has 3 aromatic carbocycles. The number of aromatic nitrogens is 1. The molecule has 0 amide bonds. The molecule has 4 rings (SSSR count). The van der Waals surface area contributed by atoms with Crippen molar-refractivity contribution in [3.05, 3.63) is 125 Å². The zero-order valence-corrected chi connectivity index (χ0v) is 19.6. The first-order valence-corrected chi connectivity index (χ1v) is 11.4. The standard InChI is InChI=1S/C27H26ClN3S/c1-21-8-5-6-12-26(21)29-27(32)31(19-22-9-3-2-4-10-22)20-25-11-7-17-30(25)18-23-13-15-24(28)16-14-23/h2-17H,18-20H2,1H3,(H,29,32). The summed E-state index contributed by atoms with van der Waals surface area (Å²) < 4.78 is 2.26. The van der Waals surface area contributed by atoms with E-state index in [1.807, 2.05) is 30.3 Å². The summed E-state index contributed by atoms with van der Waals surface area (Å²) in [6.07, 6.45) is 2.11. The van der Waals surface area contributed by atoms with Gasteiger partial charge in [0.15, 0.2) is 5.11 Å². The fourth-order valence-corrected chi connectivity index (χ4v) is 4.01. The Kier molecular flexibility index (Phi) is 7.25. The molecule has 3 nitrogen and oxygen atoms in total. The van der Waals surface area contributed by atoms with Gasteiger partial charge >= 0.3 is 0 Å². The fraction of sp³-hybridized carbons (Fsp3) is 0.148. The van der Waals surface area contributed by atoms with Gasteiger partial charge in [0.1, 0.15) is 0 Å². The van der Waals surface area contributed by atoms with Gasteiger partial charge in [-0.1, -0.05) is 72.3 Å². The lowest BCUT2D eigenvalue weighted by Gasteiger charge is -2.27. The molecule has 0 saturated heterocycles. The second-order valence-electron chi connectivity index (χ2n) is 7.84. The van der Waals surface area contributed by atoms with Crippen molar-refractivity contribution in [2.24, 2.45) is 0 Å². The highest BCUT2D eigenvalue weighted by molar-refractivity contribution is 7.80. The average molecular weight is 460 g/mol. The Morgan fingerprint density at radius 3 is 2.31 bits per heavy atom. The van der Waals surface area contributed by atoms with E-state index in [-0.39, 0.29) is 0 Å². The van der Waals surface area contributed by atoms with Crippen molar-refractivity contribution in [1.29, 1.82) is 0 Å². The van der Waals surface area contributed by atoms with Crippen molar-refractivity contribution < 1.29 is 0 Å². The van der Waals surface area contributed by atoms with Crippen LogP contribution < -0.4 is 5.32 Å². The van der Waals surface area contributed by atoms with Gasteiger partial charge in [0.2, 0.25) is 0 Å². The van der Waals surface area contributed by atoms with Crippen LogP contribution in [-0.2, 0) is 19.6 Å². The van der Waals surface area contributed by atoms with Gasteiger partial charge < -0.3 is 14.8 Å². The van der Waals surface area contributed by atoms with Crippen molar-refractivity contribution >= 4 is 34.6 Å². The lowest BCUT2D eigenvalue weighted by Crippen LogP contribution is -2.34. The van der Waals surface area contributed by atoms with E-state index in [1.165, 1.54) is 22.4 Å². The average Bonchev–Trinajstić information content (AvgIpc) is 3.23. The number of nitrogens with one attached hydrogen (secondary N) is 1. The number of rotatable bonds is 7. The van der Waals surface area contributed by atoms with Crippen molar-refractivity contribution in [2.45, 2.75) is 26.6 Å². The summed E-state index contributed by atoms with van der Waals surface area (Å²) in [6, 6.07) is 30.9. The number of thiocarbonyl (C=S) groups is 1. The Morgan fingerprint density at radius 1 is 0.844 bits per heavy atom. The minimum atomic E-state index is 0.702. The molecule has 1 N–H and O–H groups in total. The fourth-order valence-electron chi connectivity index (χ4n) is 3.64. The summed E-state index contributed by atoms with van der Waals surface area (Å²) in [6.45, 7) is 4.30. The van der Waals surface area contributed by atoms with Crippen LogP contribution in [0, 0.1) is 6.92 Å². The quantitative estimate of drug-likeness (QED) is 0.303. The highest BCUT2D eigenvalue weighted by Gasteiger charge is 2.15. The number of aryl methyl sites for hydroxylation is 1. The maximum Gasteiger partial charge on any atom is 0.174 e. The lowest BCUT2D eigenvalue weighted by molar-refractivity contribution is 0.399. The van der Waals surface area contributed by atoms with E-state index in [1.54, 1.807) is 0 Å². The van der Waals surface area contributed by atoms with Gasteiger partial charge in [-0.3, -0.25) is 0 Å². The van der Waals surface area contributed by atoms with Crippen molar-refractivity contribution in [1.82, 2.24) is 9.47 Å². The molecule has 0 atom stereocenters. The predicted octanol–water partition coefficient (Wildman–Crippen LogP) is 6.90. The zero-order chi connectivity index (χ0) is 22.3. The molecule has 0 saturated carbocycles. The van der Waals surface area contributed by atoms with Gasteiger partial charge in [-0.05, 0) is 66.2 Å². The summed E-state index contributed by atoms with van der Waals surface area (Å²) in [7, 11) is 0. The molecule has 0 aliphatic rings. The Balaban J connectivity index is 1.55. The highest BCUT2D eigenvalue weighted by atomic mass is 35.5. The van der Waals surface area contributed by atoms with Crippen molar-refractivity contribution in [2.75, 3.05) is 5.32 Å². The van der Waals surface area contributed by atoms with E-state index >= 15 is 0 Å². The molecule has 32 heavy (non-hydrogen) atoms. The molecule has 4 aromatic rings. The van der Waals surface area contributed by atoms with Gasteiger partial charge in [0.25, 0.3) is 0 Å². The number of halogens is 1. The SMILES string of the molecule is Cc1ccccc1NC(=S)N(Cc1ccccc1)Cc1cccn1Cc1ccc(Cl)cc1. The second kappa shape index (κ2) is 10.5. The third-order valence-corrected chi connectivity index (χ3v) is 6.04. The summed E-state index contributed by atoms with van der Waals surface area (Å²) in [5.74, 6) is 0. The smallest absolute Gasteiger partial charge is 0.174 e. The van der Waals surface area contributed by atoms with E-state index in [4.69, 9.17) is 23.8 Å². The lowest BCUT2D eigenvalue weighted by atomic mass is 10.2. The largest absolute Gasteiger partial charge is 0.345 e. The Bertz CT molecular complexity index is 1170. The van der Waals surface area contributed by atoms with Gasteiger partial charge in [0.05, 0.1) is 6.54 Å². The third-order valence-electron chi connectivity index (χ3n) is 5.43. The van der Waals surface area contributed by atoms with Crippen LogP contribution in [0.1, 0.15) is 22.4 Å². The third kappa shape index (κ3) is 5.78. The van der Waals surface area contributed by atoms with Crippen LogP contribution in [0.2, 0.25) is 5.02 Å². The number of nitrogens with zero attached hydrogens (tertiary/aromatic N) is 2. The van der Waals surface area contributed by atoms with Crippen LogP contribution in [0.3, 0.4) is 0 Å². The molecule has 0 aliphatic carbocycles. The monoisotopic (exact) mass is 459 g/mol. The number of anilines is 1. The van der Waals surface area contributed by atoms with Crippen LogP contribution >= 0.6 is 23.8 Å². The maximum absolute atomic E-state index is 6.05. The summed E-state index contributed by atoms with van der Waals surface area (Å²) in [5, 5.41) is 4.92. The van der Waals surface area contributed by atoms with Crippen molar-refractivity contribution in [3.8, 4) is 0 Å². The van der Waals surface area contributed by atoms with E-state index in [9.17, 15) is 0 Å². The van der Waals surface area contributed by atoms with Gasteiger partial charge in [0, 0.05) is 35.7 Å². The van der Waals surface area contributed by atoms with Gasteiger partial charge in [-0.2, -0.15) is 0 Å². The van der Waals surface area contributed by atoms with Crippen LogP contribution in [0.25, 0.3) is 0 Å². The Labute approximate surface area is 200 Å². The highest BCUT2D eigenvalue weighted by Crippen LogP contribution is 2.18. The molecule has 5 heteroatoms. The first-order chi connectivity index (χ1) is 15.6. The topological polar surface area (TPSA) is 20.2 Å². The molecule has 0 radical (unpaired) electrons. The summed E-state index contributed by atoms with van der Waals surface area (Å²) >= 11 is 11.9. The summed E-state index contributed by atoms with van der Waals surface area (Å²) in [4.78, 5) is 2.21. The molecule has 0 spiro atoms. The number of para-hydroxylation sites is 1.